The van der Waals surface area contributed by atoms with E-state index >= 15 is 0 Å². The van der Waals surface area contributed by atoms with E-state index in [1.165, 1.54) is 0 Å². The first-order valence-electron chi connectivity index (χ1n) is 8.34. The molecule has 140 valence electrons. The predicted octanol–water partition coefficient (Wildman–Crippen LogP) is 5.91. The molecule has 0 spiro atoms. The van der Waals surface area contributed by atoms with E-state index in [-0.39, 0.29) is 0 Å². The minimum absolute atomic E-state index is 0.447. The second kappa shape index (κ2) is 10.8. The van der Waals surface area contributed by atoms with Gasteiger partial charge in [-0.25, -0.2) is 0 Å². The van der Waals surface area contributed by atoms with Crippen LogP contribution in [0.1, 0.15) is 31.4 Å². The van der Waals surface area contributed by atoms with Gasteiger partial charge < -0.3 is 14.9 Å². The highest BCUT2D eigenvalue weighted by Crippen LogP contribution is 2.34. The minimum atomic E-state index is 0.447. The summed E-state index contributed by atoms with van der Waals surface area (Å²) in [6.07, 6.45) is 2.68. The summed E-state index contributed by atoms with van der Waals surface area (Å²) in [5, 5.41) is 5.49. The molecule has 26 heavy (non-hydrogen) atoms. The van der Waals surface area contributed by atoms with Crippen molar-refractivity contribution in [2.75, 3.05) is 13.2 Å². The van der Waals surface area contributed by atoms with Gasteiger partial charge in [0.05, 0.1) is 29.5 Å². The van der Waals surface area contributed by atoms with E-state index in [1.807, 2.05) is 25.1 Å². The second-order valence-corrected chi connectivity index (χ2v) is 7.38. The van der Waals surface area contributed by atoms with Crippen molar-refractivity contribution in [1.82, 2.24) is 5.43 Å². The zero-order valence-electron chi connectivity index (χ0n) is 14.7. The van der Waals surface area contributed by atoms with E-state index < -0.39 is 0 Å². The van der Waals surface area contributed by atoms with Crippen molar-refractivity contribution in [3.05, 3.63) is 55.1 Å². The molecule has 0 radical (unpaired) electrons. The molecule has 0 aliphatic rings. The number of hydrazone groups is 1. The summed E-state index contributed by atoms with van der Waals surface area (Å²) in [6.45, 7) is 5.70. The molecule has 7 heteroatoms. The van der Waals surface area contributed by atoms with Crippen molar-refractivity contribution in [3.63, 3.8) is 0 Å². The Bertz CT molecular complexity index is 749. The first-order chi connectivity index (χ1) is 12.6. The molecule has 0 unspecified atom stereocenters. The monoisotopic (exact) mass is 506 g/mol. The van der Waals surface area contributed by atoms with E-state index in [1.54, 1.807) is 18.3 Å². The number of hydrogen-bond donors (Lipinski definition) is 1. The molecule has 1 N–H and O–H groups in total. The molecule has 0 saturated heterocycles. The van der Waals surface area contributed by atoms with Crippen LogP contribution in [0.3, 0.4) is 0 Å². The largest absolute Gasteiger partial charge is 0.490 e. The van der Waals surface area contributed by atoms with Gasteiger partial charge in [-0.15, -0.1) is 0 Å². The van der Waals surface area contributed by atoms with Crippen LogP contribution in [0, 0.1) is 3.57 Å². The average Bonchev–Trinajstić information content (AvgIpc) is 2.60. The number of halogens is 3. The number of rotatable bonds is 9. The highest BCUT2D eigenvalue weighted by atomic mass is 127. The first kappa shape index (κ1) is 21.1. The van der Waals surface area contributed by atoms with Gasteiger partial charge in [-0.3, -0.25) is 0 Å². The number of ether oxygens (including phenoxy) is 2. The van der Waals surface area contributed by atoms with E-state index in [0.29, 0.717) is 29.8 Å². The van der Waals surface area contributed by atoms with Crippen LogP contribution in [-0.2, 0) is 6.54 Å². The van der Waals surface area contributed by atoms with Gasteiger partial charge in [0.25, 0.3) is 0 Å². The highest BCUT2D eigenvalue weighted by Gasteiger charge is 2.11. The van der Waals surface area contributed by atoms with Gasteiger partial charge in [-0.05, 0) is 65.8 Å². The maximum Gasteiger partial charge on any atom is 0.174 e. The van der Waals surface area contributed by atoms with Crippen LogP contribution in [0.15, 0.2) is 35.4 Å². The van der Waals surface area contributed by atoms with Crippen LogP contribution in [0.5, 0.6) is 11.5 Å². The molecule has 0 aromatic heterocycles. The van der Waals surface area contributed by atoms with Crippen molar-refractivity contribution >= 4 is 52.0 Å². The maximum absolute atomic E-state index is 6.15. The van der Waals surface area contributed by atoms with Gasteiger partial charge in [-0.2, -0.15) is 5.10 Å². The zero-order chi connectivity index (χ0) is 18.9. The molecule has 0 atom stereocenters. The summed E-state index contributed by atoms with van der Waals surface area (Å²) in [7, 11) is 0. The van der Waals surface area contributed by atoms with Gasteiger partial charge in [0.1, 0.15) is 0 Å². The van der Waals surface area contributed by atoms with Gasteiger partial charge >= 0.3 is 0 Å². The molecule has 0 aliphatic carbocycles. The Kier molecular flexibility index (Phi) is 8.81. The Labute approximate surface area is 178 Å². The molecule has 2 rings (SSSR count). The molecular weight excluding hydrogens is 486 g/mol. The lowest BCUT2D eigenvalue weighted by Crippen LogP contribution is -2.07. The fraction of sp³-hybridized carbons (Fsp3) is 0.316. The standard InChI is InChI=1S/C19H21Cl2IN2O2/c1-3-8-26-19-17(22)9-13(10-18(19)25-4-2)11-23-24-12-14-15(20)6-5-7-16(14)21/h5-7,9-11,24H,3-4,8,12H2,1-2H3/b23-11-. The van der Waals surface area contributed by atoms with Crippen LogP contribution < -0.4 is 14.9 Å². The zero-order valence-corrected chi connectivity index (χ0v) is 18.4. The summed E-state index contributed by atoms with van der Waals surface area (Å²) in [5.74, 6) is 1.51. The number of hydrogen-bond acceptors (Lipinski definition) is 4. The third-order valence-corrected chi connectivity index (χ3v) is 4.91. The second-order valence-electron chi connectivity index (χ2n) is 5.40. The lowest BCUT2D eigenvalue weighted by molar-refractivity contribution is 0.275. The van der Waals surface area contributed by atoms with Crippen molar-refractivity contribution in [1.29, 1.82) is 0 Å². The van der Waals surface area contributed by atoms with Gasteiger partial charge in [0.15, 0.2) is 11.5 Å². The van der Waals surface area contributed by atoms with Gasteiger partial charge in [-0.1, -0.05) is 36.2 Å². The molecule has 0 heterocycles. The number of nitrogens with zero attached hydrogens (tertiary/aromatic N) is 1. The maximum atomic E-state index is 6.15. The fourth-order valence-electron chi connectivity index (χ4n) is 2.22. The van der Waals surface area contributed by atoms with Crippen LogP contribution >= 0.6 is 45.8 Å². The van der Waals surface area contributed by atoms with Crippen molar-refractivity contribution in [3.8, 4) is 11.5 Å². The summed E-state index contributed by atoms with van der Waals surface area (Å²) in [6, 6.07) is 9.35. The van der Waals surface area contributed by atoms with E-state index in [4.69, 9.17) is 32.7 Å². The minimum Gasteiger partial charge on any atom is -0.490 e. The Morgan fingerprint density at radius 1 is 1.15 bits per heavy atom. The van der Waals surface area contributed by atoms with Gasteiger partial charge in [0, 0.05) is 15.6 Å². The molecular formula is C19H21Cl2IN2O2. The van der Waals surface area contributed by atoms with Crippen molar-refractivity contribution in [2.24, 2.45) is 5.10 Å². The van der Waals surface area contributed by atoms with Crippen LogP contribution in [0.4, 0.5) is 0 Å². The average molecular weight is 507 g/mol. The third kappa shape index (κ3) is 5.93. The molecule has 0 aliphatic heterocycles. The summed E-state index contributed by atoms with van der Waals surface area (Å²) in [5.41, 5.74) is 4.71. The Hall–Kier alpha value is -1.18. The normalized spacial score (nSPS) is 11.0. The van der Waals surface area contributed by atoms with Crippen LogP contribution in [-0.4, -0.2) is 19.4 Å². The number of nitrogens with one attached hydrogen (secondary N) is 1. The van der Waals surface area contributed by atoms with Gasteiger partial charge in [0.2, 0.25) is 0 Å². The summed E-state index contributed by atoms with van der Waals surface area (Å²) >= 11 is 14.6. The molecule has 0 saturated carbocycles. The lowest BCUT2D eigenvalue weighted by atomic mass is 10.2. The molecule has 0 amide bonds. The number of benzene rings is 2. The quantitative estimate of drug-likeness (QED) is 0.261. The smallest absolute Gasteiger partial charge is 0.174 e. The Morgan fingerprint density at radius 2 is 1.88 bits per heavy atom. The van der Waals surface area contributed by atoms with Crippen LogP contribution in [0.2, 0.25) is 10.0 Å². The van der Waals surface area contributed by atoms with Crippen molar-refractivity contribution < 1.29 is 9.47 Å². The van der Waals surface area contributed by atoms with E-state index in [9.17, 15) is 0 Å². The molecule has 4 nitrogen and oxygen atoms in total. The molecule has 2 aromatic rings. The van der Waals surface area contributed by atoms with E-state index in [2.05, 4.69) is 40.0 Å². The van der Waals surface area contributed by atoms with Crippen molar-refractivity contribution in [2.45, 2.75) is 26.8 Å². The first-order valence-corrected chi connectivity index (χ1v) is 10.2. The molecule has 0 fully saturated rings. The van der Waals surface area contributed by atoms with E-state index in [0.717, 1.165) is 32.6 Å². The molecule has 0 bridgehead atoms. The predicted molar refractivity (Wildman–Crippen MR) is 117 cm³/mol. The third-order valence-electron chi connectivity index (χ3n) is 3.40. The summed E-state index contributed by atoms with van der Waals surface area (Å²) in [4.78, 5) is 0. The SMILES string of the molecule is CCCOc1c(I)cc(/C=N\NCc2c(Cl)cccc2Cl)cc1OCC. The fourth-order valence-corrected chi connectivity index (χ4v) is 3.53. The Balaban J connectivity index is 2.09. The summed E-state index contributed by atoms with van der Waals surface area (Å²) < 4.78 is 12.5. The van der Waals surface area contributed by atoms with Crippen LogP contribution in [0.25, 0.3) is 0 Å². The topological polar surface area (TPSA) is 42.8 Å². The lowest BCUT2D eigenvalue weighted by Gasteiger charge is -2.14. The molecule has 2 aromatic carbocycles. The highest BCUT2D eigenvalue weighted by molar-refractivity contribution is 14.1. The Morgan fingerprint density at radius 3 is 2.54 bits per heavy atom.